The molecule has 0 bridgehead atoms. The molecule has 0 aromatic heterocycles. The summed E-state index contributed by atoms with van der Waals surface area (Å²) in [5.74, 6) is 0.377. The van der Waals surface area contributed by atoms with Crippen molar-refractivity contribution in [3.63, 3.8) is 0 Å². The Bertz CT molecular complexity index is 386. The molecule has 0 heterocycles. The molecule has 0 amide bonds. The molecule has 0 saturated heterocycles. The van der Waals surface area contributed by atoms with Crippen LogP contribution >= 0.6 is 0 Å². The summed E-state index contributed by atoms with van der Waals surface area (Å²) in [6, 6.07) is 8.00. The molecule has 1 aromatic carbocycles. The fourth-order valence-electron chi connectivity index (χ4n) is 2.71. The van der Waals surface area contributed by atoms with Gasteiger partial charge in [0.15, 0.2) is 0 Å². The Balaban J connectivity index is 2.13. The van der Waals surface area contributed by atoms with E-state index >= 15 is 0 Å². The molecule has 17 heavy (non-hydrogen) atoms. The number of rotatable bonds is 2. The van der Waals surface area contributed by atoms with Crippen LogP contribution in [0, 0.1) is 0 Å². The topological polar surface area (TPSA) is 26.3 Å². The van der Waals surface area contributed by atoms with Crippen LogP contribution in [-0.4, -0.2) is 5.97 Å². The first-order valence-electron chi connectivity index (χ1n) is 6.39. The van der Waals surface area contributed by atoms with Gasteiger partial charge in [-0.05, 0) is 36.0 Å². The predicted molar refractivity (Wildman–Crippen MR) is 68.2 cm³/mol. The van der Waals surface area contributed by atoms with Gasteiger partial charge < -0.3 is 4.74 Å². The second kappa shape index (κ2) is 4.91. The summed E-state index contributed by atoms with van der Waals surface area (Å²) in [5, 5.41) is 0. The molecule has 1 aromatic rings. The number of carbonyl (C=O) groups excluding carboxylic acids is 1. The number of hydrogen-bond acceptors (Lipinski definition) is 2. The second-order valence-electron chi connectivity index (χ2n) is 5.24. The third-order valence-electron chi connectivity index (χ3n) is 3.77. The van der Waals surface area contributed by atoms with Crippen LogP contribution in [0.5, 0.6) is 5.75 Å². The smallest absolute Gasteiger partial charge is 0.308 e. The maximum atomic E-state index is 10.8. The number of ether oxygens (including phenoxy) is 1. The Morgan fingerprint density at radius 1 is 1.12 bits per heavy atom. The van der Waals surface area contributed by atoms with Gasteiger partial charge in [-0.2, -0.15) is 0 Å². The first-order valence-corrected chi connectivity index (χ1v) is 6.39. The summed E-state index contributed by atoms with van der Waals surface area (Å²) in [6.45, 7) is 3.77. The van der Waals surface area contributed by atoms with Crippen molar-refractivity contribution in [2.75, 3.05) is 0 Å². The zero-order chi connectivity index (χ0) is 12.3. The molecular formula is C15H20O2. The molecule has 1 aliphatic carbocycles. The lowest BCUT2D eigenvalue weighted by atomic mass is 9.71. The normalized spacial score (nSPS) is 18.7. The minimum absolute atomic E-state index is 0.262. The van der Waals surface area contributed by atoms with Crippen LogP contribution in [-0.2, 0) is 10.2 Å². The fourth-order valence-corrected chi connectivity index (χ4v) is 2.71. The molecule has 0 spiro atoms. The lowest BCUT2D eigenvalue weighted by Gasteiger charge is -2.34. The molecule has 2 nitrogen and oxygen atoms in total. The van der Waals surface area contributed by atoms with Gasteiger partial charge in [-0.15, -0.1) is 0 Å². The highest BCUT2D eigenvalue weighted by Gasteiger charge is 2.28. The Kier molecular flexibility index (Phi) is 3.51. The average molecular weight is 232 g/mol. The van der Waals surface area contributed by atoms with Crippen molar-refractivity contribution >= 4 is 5.97 Å². The molecule has 0 aliphatic heterocycles. The van der Waals surface area contributed by atoms with Gasteiger partial charge in [0.1, 0.15) is 5.75 Å². The molecule has 2 heteroatoms. The lowest BCUT2D eigenvalue weighted by molar-refractivity contribution is -0.131. The quantitative estimate of drug-likeness (QED) is 0.572. The SMILES string of the molecule is CC(=O)Oc1ccc(C2(C)CCCCC2)cc1. The number of esters is 1. The summed E-state index contributed by atoms with van der Waals surface area (Å²) in [7, 11) is 0. The third-order valence-corrected chi connectivity index (χ3v) is 3.77. The van der Waals surface area contributed by atoms with Crippen LogP contribution in [0.25, 0.3) is 0 Å². The monoisotopic (exact) mass is 232 g/mol. The van der Waals surface area contributed by atoms with Crippen molar-refractivity contribution in [3.8, 4) is 5.75 Å². The van der Waals surface area contributed by atoms with Crippen molar-refractivity contribution in [1.29, 1.82) is 0 Å². The Labute approximate surface area is 103 Å². The van der Waals surface area contributed by atoms with Crippen LogP contribution in [0.1, 0.15) is 51.5 Å². The molecule has 92 valence electrons. The Morgan fingerprint density at radius 3 is 2.24 bits per heavy atom. The zero-order valence-electron chi connectivity index (χ0n) is 10.7. The van der Waals surface area contributed by atoms with Crippen molar-refractivity contribution in [3.05, 3.63) is 29.8 Å². The molecular weight excluding hydrogens is 212 g/mol. The standard InChI is InChI=1S/C15H20O2/c1-12(16)17-14-8-6-13(7-9-14)15(2)10-4-3-5-11-15/h6-9H,3-5,10-11H2,1-2H3. The van der Waals surface area contributed by atoms with Crippen LogP contribution in [0.15, 0.2) is 24.3 Å². The molecule has 1 fully saturated rings. The largest absolute Gasteiger partial charge is 0.427 e. The summed E-state index contributed by atoms with van der Waals surface area (Å²) in [4.78, 5) is 10.8. The fraction of sp³-hybridized carbons (Fsp3) is 0.533. The third kappa shape index (κ3) is 2.87. The molecule has 0 N–H and O–H groups in total. The van der Waals surface area contributed by atoms with Gasteiger partial charge in [0, 0.05) is 6.92 Å². The van der Waals surface area contributed by atoms with Crippen LogP contribution in [0.3, 0.4) is 0 Å². The molecule has 2 rings (SSSR count). The van der Waals surface area contributed by atoms with Crippen LogP contribution < -0.4 is 4.74 Å². The molecule has 0 radical (unpaired) electrons. The number of carbonyl (C=O) groups is 1. The maximum absolute atomic E-state index is 10.8. The van der Waals surface area contributed by atoms with E-state index in [9.17, 15) is 4.79 Å². The number of hydrogen-bond donors (Lipinski definition) is 0. The van der Waals surface area contributed by atoms with E-state index < -0.39 is 0 Å². The summed E-state index contributed by atoms with van der Waals surface area (Å²) in [6.07, 6.45) is 6.53. The highest BCUT2D eigenvalue weighted by molar-refractivity contribution is 5.69. The minimum Gasteiger partial charge on any atom is -0.427 e. The van der Waals surface area contributed by atoms with Gasteiger partial charge in [0.05, 0.1) is 0 Å². The predicted octanol–water partition coefficient (Wildman–Crippen LogP) is 3.83. The van der Waals surface area contributed by atoms with Crippen molar-refractivity contribution in [1.82, 2.24) is 0 Å². The maximum Gasteiger partial charge on any atom is 0.308 e. The van der Waals surface area contributed by atoms with Crippen molar-refractivity contribution in [2.24, 2.45) is 0 Å². The second-order valence-corrected chi connectivity index (χ2v) is 5.24. The van der Waals surface area contributed by atoms with E-state index in [1.54, 1.807) is 0 Å². The average Bonchev–Trinajstić information content (AvgIpc) is 2.30. The van der Waals surface area contributed by atoms with Gasteiger partial charge in [-0.25, -0.2) is 0 Å². The van der Waals surface area contributed by atoms with E-state index in [0.29, 0.717) is 11.2 Å². The first-order chi connectivity index (χ1) is 8.10. The summed E-state index contributed by atoms with van der Waals surface area (Å²) in [5.41, 5.74) is 1.68. The Morgan fingerprint density at radius 2 is 1.71 bits per heavy atom. The van der Waals surface area contributed by atoms with Gasteiger partial charge in [0.25, 0.3) is 0 Å². The van der Waals surface area contributed by atoms with Crippen LogP contribution in [0.4, 0.5) is 0 Å². The van der Waals surface area contributed by atoms with Gasteiger partial charge in [0.2, 0.25) is 0 Å². The van der Waals surface area contributed by atoms with Gasteiger partial charge in [-0.1, -0.05) is 38.3 Å². The summed E-state index contributed by atoms with van der Waals surface area (Å²) < 4.78 is 5.05. The lowest BCUT2D eigenvalue weighted by Crippen LogP contribution is -2.24. The van der Waals surface area contributed by atoms with Gasteiger partial charge in [-0.3, -0.25) is 4.79 Å². The Hall–Kier alpha value is -1.31. The van der Waals surface area contributed by atoms with E-state index in [1.807, 2.05) is 12.1 Å². The van der Waals surface area contributed by atoms with Crippen LogP contribution in [0.2, 0.25) is 0 Å². The minimum atomic E-state index is -0.262. The van der Waals surface area contributed by atoms with Crippen molar-refractivity contribution < 1.29 is 9.53 Å². The number of benzene rings is 1. The highest BCUT2D eigenvalue weighted by Crippen LogP contribution is 2.39. The first kappa shape index (κ1) is 12.2. The summed E-state index contributed by atoms with van der Waals surface area (Å²) >= 11 is 0. The van der Waals surface area contributed by atoms with E-state index in [2.05, 4.69) is 19.1 Å². The molecule has 0 atom stereocenters. The molecule has 1 aliphatic rings. The molecule has 1 saturated carbocycles. The molecule has 0 unspecified atom stereocenters. The van der Waals surface area contributed by atoms with Gasteiger partial charge >= 0.3 is 5.97 Å². The van der Waals surface area contributed by atoms with Crippen molar-refractivity contribution in [2.45, 2.75) is 51.4 Å². The highest BCUT2D eigenvalue weighted by atomic mass is 16.5. The zero-order valence-corrected chi connectivity index (χ0v) is 10.7. The van der Waals surface area contributed by atoms with E-state index in [4.69, 9.17) is 4.74 Å². The van der Waals surface area contributed by atoms with E-state index in [0.717, 1.165) is 0 Å². The van der Waals surface area contributed by atoms with E-state index in [-0.39, 0.29) is 5.97 Å². The van der Waals surface area contributed by atoms with E-state index in [1.165, 1.54) is 44.6 Å².